The molecular weight excluding hydrogens is 260 g/mol. The van der Waals surface area contributed by atoms with Crippen molar-refractivity contribution < 1.29 is 4.74 Å². The molecule has 0 radical (unpaired) electrons. The van der Waals surface area contributed by atoms with Crippen molar-refractivity contribution in [3.63, 3.8) is 0 Å². The summed E-state index contributed by atoms with van der Waals surface area (Å²) < 4.78 is 5.67. The van der Waals surface area contributed by atoms with Gasteiger partial charge >= 0.3 is 0 Å². The number of rotatable bonds is 5. The molecule has 1 aliphatic heterocycles. The lowest BCUT2D eigenvalue weighted by Crippen LogP contribution is -2.37. The number of nitrogens with zero attached hydrogens (tertiary/aromatic N) is 1. The monoisotopic (exact) mass is 282 g/mol. The third-order valence-corrected chi connectivity index (χ3v) is 4.13. The molecule has 1 aliphatic rings. The van der Waals surface area contributed by atoms with E-state index < -0.39 is 0 Å². The van der Waals surface area contributed by atoms with Gasteiger partial charge in [-0.05, 0) is 31.5 Å². The van der Waals surface area contributed by atoms with Crippen molar-refractivity contribution in [3.8, 4) is 0 Å². The molecule has 1 fully saturated rings. The highest BCUT2D eigenvalue weighted by atomic mass is 35.5. The van der Waals surface area contributed by atoms with Crippen LogP contribution in [0.25, 0.3) is 0 Å². The SMILES string of the molecule is CCNCc1cccc(Cl)c1N(C)C1CCOC1C. The Morgan fingerprint density at radius 1 is 1.47 bits per heavy atom. The number of para-hydroxylation sites is 1. The Morgan fingerprint density at radius 2 is 2.26 bits per heavy atom. The largest absolute Gasteiger partial charge is 0.376 e. The first kappa shape index (κ1) is 14.6. The quantitative estimate of drug-likeness (QED) is 0.898. The Morgan fingerprint density at radius 3 is 2.89 bits per heavy atom. The summed E-state index contributed by atoms with van der Waals surface area (Å²) >= 11 is 6.42. The van der Waals surface area contributed by atoms with Gasteiger partial charge in [-0.3, -0.25) is 0 Å². The van der Waals surface area contributed by atoms with Crippen LogP contribution >= 0.6 is 11.6 Å². The van der Waals surface area contributed by atoms with Gasteiger partial charge in [-0.15, -0.1) is 0 Å². The number of hydrogen-bond donors (Lipinski definition) is 1. The Hall–Kier alpha value is -0.770. The highest BCUT2D eigenvalue weighted by molar-refractivity contribution is 6.33. The van der Waals surface area contributed by atoms with Gasteiger partial charge in [0.1, 0.15) is 0 Å². The predicted octanol–water partition coefficient (Wildman–Crippen LogP) is 3.06. The molecule has 106 valence electrons. The molecule has 1 aromatic carbocycles. The molecule has 2 rings (SSSR count). The number of likely N-dealkylation sites (N-methyl/N-ethyl adjacent to an activating group) is 1. The van der Waals surface area contributed by atoms with Crippen LogP contribution in [0.5, 0.6) is 0 Å². The standard InChI is InChI=1S/C15H23ClN2O/c1-4-17-10-12-6-5-7-13(16)15(12)18(3)14-8-9-19-11(14)2/h5-7,11,14,17H,4,8-10H2,1-3H3. The average Bonchev–Trinajstić information content (AvgIpc) is 2.82. The highest BCUT2D eigenvalue weighted by Gasteiger charge is 2.29. The molecular formula is C15H23ClN2O. The number of anilines is 1. The molecule has 2 unspecified atom stereocenters. The van der Waals surface area contributed by atoms with Crippen LogP contribution in [0.15, 0.2) is 18.2 Å². The predicted molar refractivity (Wildman–Crippen MR) is 81.1 cm³/mol. The van der Waals surface area contributed by atoms with E-state index in [0.717, 1.165) is 36.8 Å². The minimum Gasteiger partial charge on any atom is -0.376 e. The second-order valence-electron chi connectivity index (χ2n) is 5.07. The van der Waals surface area contributed by atoms with Crippen LogP contribution in [0.3, 0.4) is 0 Å². The zero-order valence-corrected chi connectivity index (χ0v) is 12.7. The Bertz CT molecular complexity index is 425. The van der Waals surface area contributed by atoms with E-state index in [1.807, 2.05) is 12.1 Å². The summed E-state index contributed by atoms with van der Waals surface area (Å²) in [7, 11) is 2.12. The number of ether oxygens (including phenoxy) is 1. The third-order valence-electron chi connectivity index (χ3n) is 3.82. The van der Waals surface area contributed by atoms with Crippen molar-refractivity contribution in [3.05, 3.63) is 28.8 Å². The molecule has 0 aromatic heterocycles. The summed E-state index contributed by atoms with van der Waals surface area (Å²) in [6.07, 6.45) is 1.32. The number of benzene rings is 1. The van der Waals surface area contributed by atoms with Crippen LogP contribution in [0.4, 0.5) is 5.69 Å². The van der Waals surface area contributed by atoms with Gasteiger partial charge < -0.3 is 15.0 Å². The first-order chi connectivity index (χ1) is 9.15. The van der Waals surface area contributed by atoms with Crippen molar-refractivity contribution >= 4 is 17.3 Å². The maximum atomic E-state index is 6.42. The number of halogens is 1. The van der Waals surface area contributed by atoms with Crippen LogP contribution in [0, 0.1) is 0 Å². The Labute approximate surface area is 120 Å². The molecule has 1 aromatic rings. The lowest BCUT2D eigenvalue weighted by atomic mass is 10.1. The zero-order valence-electron chi connectivity index (χ0n) is 11.9. The number of nitrogens with one attached hydrogen (secondary N) is 1. The summed E-state index contributed by atoms with van der Waals surface area (Å²) in [5, 5.41) is 4.19. The van der Waals surface area contributed by atoms with E-state index in [-0.39, 0.29) is 6.10 Å². The van der Waals surface area contributed by atoms with Gasteiger partial charge in [0.15, 0.2) is 0 Å². The molecule has 4 heteroatoms. The lowest BCUT2D eigenvalue weighted by molar-refractivity contribution is 0.118. The van der Waals surface area contributed by atoms with Gasteiger partial charge in [0, 0.05) is 20.2 Å². The van der Waals surface area contributed by atoms with Gasteiger partial charge in [0.25, 0.3) is 0 Å². The van der Waals surface area contributed by atoms with Crippen molar-refractivity contribution in [2.24, 2.45) is 0 Å². The zero-order chi connectivity index (χ0) is 13.8. The van der Waals surface area contributed by atoms with Crippen molar-refractivity contribution in [2.45, 2.75) is 39.0 Å². The summed E-state index contributed by atoms with van der Waals surface area (Å²) in [6, 6.07) is 6.52. The van der Waals surface area contributed by atoms with E-state index in [4.69, 9.17) is 16.3 Å². The minimum atomic E-state index is 0.258. The fourth-order valence-electron chi connectivity index (χ4n) is 2.75. The van der Waals surface area contributed by atoms with E-state index in [1.165, 1.54) is 5.56 Å². The van der Waals surface area contributed by atoms with Gasteiger partial charge in [-0.25, -0.2) is 0 Å². The lowest BCUT2D eigenvalue weighted by Gasteiger charge is -2.31. The average molecular weight is 283 g/mol. The summed E-state index contributed by atoms with van der Waals surface area (Å²) in [6.45, 7) is 6.89. The normalized spacial score (nSPS) is 22.7. The van der Waals surface area contributed by atoms with Crippen LogP contribution in [0.1, 0.15) is 25.8 Å². The maximum absolute atomic E-state index is 6.42. The smallest absolute Gasteiger partial charge is 0.0750 e. The van der Waals surface area contributed by atoms with Crippen molar-refractivity contribution in [1.82, 2.24) is 5.32 Å². The molecule has 0 spiro atoms. The second-order valence-corrected chi connectivity index (χ2v) is 5.48. The molecule has 3 nitrogen and oxygen atoms in total. The first-order valence-corrected chi connectivity index (χ1v) is 7.35. The fourth-order valence-corrected chi connectivity index (χ4v) is 3.08. The Kier molecular flexibility index (Phi) is 5.08. The highest BCUT2D eigenvalue weighted by Crippen LogP contribution is 2.33. The van der Waals surface area contributed by atoms with E-state index in [2.05, 4.69) is 37.2 Å². The van der Waals surface area contributed by atoms with Gasteiger partial charge in [0.05, 0.1) is 22.9 Å². The van der Waals surface area contributed by atoms with Gasteiger partial charge in [-0.1, -0.05) is 30.7 Å². The van der Waals surface area contributed by atoms with Gasteiger partial charge in [0.2, 0.25) is 0 Å². The van der Waals surface area contributed by atoms with Crippen LogP contribution in [-0.4, -0.2) is 32.3 Å². The molecule has 1 N–H and O–H groups in total. The third kappa shape index (κ3) is 3.22. The molecule has 0 aliphatic carbocycles. The maximum Gasteiger partial charge on any atom is 0.0750 e. The van der Waals surface area contributed by atoms with E-state index >= 15 is 0 Å². The van der Waals surface area contributed by atoms with E-state index in [1.54, 1.807) is 0 Å². The molecule has 1 heterocycles. The van der Waals surface area contributed by atoms with E-state index in [9.17, 15) is 0 Å². The van der Waals surface area contributed by atoms with Crippen molar-refractivity contribution in [2.75, 3.05) is 25.1 Å². The summed E-state index contributed by atoms with van der Waals surface area (Å²) in [4.78, 5) is 2.28. The summed E-state index contributed by atoms with van der Waals surface area (Å²) in [5.41, 5.74) is 2.38. The first-order valence-electron chi connectivity index (χ1n) is 6.97. The second kappa shape index (κ2) is 6.60. The van der Waals surface area contributed by atoms with Crippen LogP contribution < -0.4 is 10.2 Å². The Balaban J connectivity index is 2.26. The van der Waals surface area contributed by atoms with Gasteiger partial charge in [-0.2, -0.15) is 0 Å². The van der Waals surface area contributed by atoms with Crippen molar-refractivity contribution in [1.29, 1.82) is 0 Å². The molecule has 19 heavy (non-hydrogen) atoms. The van der Waals surface area contributed by atoms with Crippen LogP contribution in [0.2, 0.25) is 5.02 Å². The molecule has 0 amide bonds. The number of hydrogen-bond acceptors (Lipinski definition) is 3. The molecule has 2 atom stereocenters. The molecule has 0 saturated carbocycles. The molecule has 0 bridgehead atoms. The fraction of sp³-hybridized carbons (Fsp3) is 0.600. The summed E-state index contributed by atoms with van der Waals surface area (Å²) in [5.74, 6) is 0. The van der Waals surface area contributed by atoms with E-state index in [0.29, 0.717) is 6.04 Å². The minimum absolute atomic E-state index is 0.258. The van der Waals surface area contributed by atoms with Crippen LogP contribution in [-0.2, 0) is 11.3 Å². The molecule has 1 saturated heterocycles. The topological polar surface area (TPSA) is 24.5 Å².